The average molecular weight is 269 g/mol. The molecule has 1 rings (SSSR count). The van der Waals surface area contributed by atoms with Crippen molar-refractivity contribution in [1.82, 2.24) is 4.98 Å². The van der Waals surface area contributed by atoms with Gasteiger partial charge in [-0.3, -0.25) is 15.1 Å². The van der Waals surface area contributed by atoms with Gasteiger partial charge in [-0.15, -0.1) is 0 Å². The monoisotopic (exact) mass is 268 g/mol. The minimum absolute atomic E-state index is 0.0243. The first-order valence-corrected chi connectivity index (χ1v) is 5.43. The van der Waals surface area contributed by atoms with Crippen LogP contribution in [0.4, 0.5) is 5.69 Å². The smallest absolute Gasteiger partial charge is 0.258 e. The van der Waals surface area contributed by atoms with Gasteiger partial charge in [0, 0.05) is 17.8 Å². The molecule has 5 heteroatoms. The summed E-state index contributed by atoms with van der Waals surface area (Å²) in [6, 6.07) is 1.45. The number of alkyl halides is 1. The zero-order valence-electron chi connectivity index (χ0n) is 8.16. The molecule has 4 nitrogen and oxygen atoms in total. The second kappa shape index (κ2) is 5.47. The summed E-state index contributed by atoms with van der Waals surface area (Å²) in [5.74, 6) is 5.76. The van der Waals surface area contributed by atoms with Crippen LogP contribution in [0.5, 0.6) is 0 Å². The molecule has 0 aliphatic rings. The highest BCUT2D eigenvalue weighted by Crippen LogP contribution is 2.13. The van der Waals surface area contributed by atoms with E-state index in [9.17, 15) is 10.1 Å². The normalized spacial score (nSPS) is 9.20. The van der Waals surface area contributed by atoms with Gasteiger partial charge in [-0.2, -0.15) is 0 Å². The predicted molar refractivity (Wildman–Crippen MR) is 60.9 cm³/mol. The van der Waals surface area contributed by atoms with Crippen molar-refractivity contribution >= 4 is 21.6 Å². The fraction of sp³-hybridized carbons (Fsp3) is 0.300. The number of nitrogens with zero attached hydrogens (tertiary/aromatic N) is 2. The van der Waals surface area contributed by atoms with Gasteiger partial charge in [-0.25, -0.2) is 0 Å². The van der Waals surface area contributed by atoms with Gasteiger partial charge in [0.2, 0.25) is 0 Å². The molecule has 1 aromatic rings. The van der Waals surface area contributed by atoms with Crippen molar-refractivity contribution in [3.05, 3.63) is 33.6 Å². The van der Waals surface area contributed by atoms with Gasteiger partial charge >= 0.3 is 0 Å². The molecule has 0 saturated carbocycles. The maximum atomic E-state index is 10.5. The topological polar surface area (TPSA) is 56.0 Å². The van der Waals surface area contributed by atoms with Crippen molar-refractivity contribution in [2.75, 3.05) is 5.33 Å². The molecule has 0 unspecified atom stereocenters. The van der Waals surface area contributed by atoms with E-state index in [1.165, 1.54) is 12.3 Å². The van der Waals surface area contributed by atoms with Crippen molar-refractivity contribution in [1.29, 1.82) is 0 Å². The summed E-state index contributed by atoms with van der Waals surface area (Å²) in [6.45, 7) is 1.78. The van der Waals surface area contributed by atoms with Crippen LogP contribution in [0, 0.1) is 28.9 Å². The lowest BCUT2D eigenvalue weighted by atomic mass is 10.2. The second-order valence-corrected chi connectivity index (χ2v) is 3.62. The molecule has 15 heavy (non-hydrogen) atoms. The number of halogens is 1. The van der Waals surface area contributed by atoms with E-state index < -0.39 is 4.92 Å². The number of hydrogen-bond donors (Lipinski definition) is 0. The summed E-state index contributed by atoms with van der Waals surface area (Å²) >= 11 is 3.25. The first-order valence-electron chi connectivity index (χ1n) is 4.31. The minimum atomic E-state index is -0.470. The van der Waals surface area contributed by atoms with Gasteiger partial charge < -0.3 is 0 Å². The van der Waals surface area contributed by atoms with E-state index in [4.69, 9.17) is 0 Å². The molecule has 0 saturated heterocycles. The Morgan fingerprint density at radius 2 is 2.40 bits per heavy atom. The quantitative estimate of drug-likeness (QED) is 0.358. The van der Waals surface area contributed by atoms with Crippen LogP contribution in [0.25, 0.3) is 0 Å². The Bertz CT molecular complexity index is 435. The van der Waals surface area contributed by atoms with Crippen LogP contribution < -0.4 is 0 Å². The number of nitro groups is 1. The molecular weight excluding hydrogens is 260 g/mol. The van der Waals surface area contributed by atoms with Gasteiger partial charge in [0.1, 0.15) is 6.20 Å². The van der Waals surface area contributed by atoms with E-state index in [1.54, 1.807) is 6.92 Å². The van der Waals surface area contributed by atoms with Crippen LogP contribution in [0.1, 0.15) is 17.7 Å². The zero-order valence-corrected chi connectivity index (χ0v) is 9.74. The molecule has 0 aliphatic heterocycles. The van der Waals surface area contributed by atoms with Crippen molar-refractivity contribution in [2.45, 2.75) is 13.3 Å². The van der Waals surface area contributed by atoms with Crippen LogP contribution in [-0.4, -0.2) is 15.2 Å². The SMILES string of the molecule is Cc1ncc([N+](=O)[O-])cc1C#CCCBr. The number of aromatic nitrogens is 1. The van der Waals surface area contributed by atoms with E-state index >= 15 is 0 Å². The lowest BCUT2D eigenvalue weighted by Crippen LogP contribution is -1.93. The lowest BCUT2D eigenvalue weighted by molar-refractivity contribution is -0.385. The van der Waals surface area contributed by atoms with Crippen molar-refractivity contribution in [2.24, 2.45) is 0 Å². The molecule has 0 N–H and O–H groups in total. The van der Waals surface area contributed by atoms with E-state index in [-0.39, 0.29) is 5.69 Å². The Kier molecular flexibility index (Phi) is 4.25. The van der Waals surface area contributed by atoms with Crippen molar-refractivity contribution < 1.29 is 4.92 Å². The second-order valence-electron chi connectivity index (χ2n) is 2.82. The molecule has 78 valence electrons. The van der Waals surface area contributed by atoms with Gasteiger partial charge in [0.05, 0.1) is 16.2 Å². The molecule has 0 fully saturated rings. The van der Waals surface area contributed by atoms with Crippen molar-refractivity contribution in [3.8, 4) is 11.8 Å². The fourth-order valence-electron chi connectivity index (χ4n) is 0.953. The van der Waals surface area contributed by atoms with E-state index in [1.807, 2.05) is 0 Å². The maximum absolute atomic E-state index is 10.5. The Hall–Kier alpha value is -1.41. The summed E-state index contributed by atoms with van der Waals surface area (Å²) in [4.78, 5) is 14.0. The summed E-state index contributed by atoms with van der Waals surface area (Å²) in [7, 11) is 0. The molecule has 0 amide bonds. The number of hydrogen-bond acceptors (Lipinski definition) is 3. The first kappa shape index (κ1) is 11.7. The predicted octanol–water partition coefficient (Wildman–Crippen LogP) is 2.43. The molecule has 0 spiro atoms. The van der Waals surface area contributed by atoms with Gasteiger partial charge in [0.15, 0.2) is 0 Å². The Balaban J connectivity index is 3.02. The van der Waals surface area contributed by atoms with Crippen LogP contribution in [-0.2, 0) is 0 Å². The average Bonchev–Trinajstić information content (AvgIpc) is 2.20. The van der Waals surface area contributed by atoms with Crippen LogP contribution in [0.15, 0.2) is 12.3 Å². The molecule has 1 aromatic heterocycles. The first-order chi connectivity index (χ1) is 7.15. The third kappa shape index (κ3) is 3.33. The highest BCUT2D eigenvalue weighted by atomic mass is 79.9. The molecule has 0 aromatic carbocycles. The van der Waals surface area contributed by atoms with E-state index in [2.05, 4.69) is 32.8 Å². The molecule has 0 aliphatic carbocycles. The molecular formula is C10H9BrN2O2. The molecule has 1 heterocycles. The van der Waals surface area contributed by atoms with Crippen LogP contribution >= 0.6 is 15.9 Å². The maximum Gasteiger partial charge on any atom is 0.288 e. The molecule has 0 bridgehead atoms. The minimum Gasteiger partial charge on any atom is -0.258 e. The number of pyridine rings is 1. The third-order valence-electron chi connectivity index (χ3n) is 1.73. The fourth-order valence-corrected chi connectivity index (χ4v) is 1.15. The van der Waals surface area contributed by atoms with Gasteiger partial charge in [-0.1, -0.05) is 27.8 Å². The highest BCUT2D eigenvalue weighted by Gasteiger charge is 2.07. The summed E-state index contributed by atoms with van der Waals surface area (Å²) in [6.07, 6.45) is 1.95. The Morgan fingerprint density at radius 1 is 1.67 bits per heavy atom. The molecule has 0 radical (unpaired) electrons. The Labute approximate surface area is 96.0 Å². The van der Waals surface area contributed by atoms with Gasteiger partial charge in [-0.05, 0) is 6.92 Å². The van der Waals surface area contributed by atoms with Crippen molar-refractivity contribution in [3.63, 3.8) is 0 Å². The highest BCUT2D eigenvalue weighted by molar-refractivity contribution is 9.09. The Morgan fingerprint density at radius 3 is 3.00 bits per heavy atom. The van der Waals surface area contributed by atoms with Gasteiger partial charge in [0.25, 0.3) is 5.69 Å². The number of rotatable bonds is 2. The number of aryl methyl sites for hydroxylation is 1. The standard InChI is InChI=1S/C10H9BrN2O2/c1-8-9(4-2-3-5-11)6-10(7-12-8)13(14)15/h6-7H,3,5H2,1H3. The lowest BCUT2D eigenvalue weighted by Gasteiger charge is -1.96. The third-order valence-corrected chi connectivity index (χ3v) is 2.12. The summed E-state index contributed by atoms with van der Waals surface area (Å²) in [5.41, 5.74) is 1.30. The van der Waals surface area contributed by atoms with E-state index in [0.29, 0.717) is 17.7 Å². The van der Waals surface area contributed by atoms with E-state index in [0.717, 1.165) is 5.33 Å². The van der Waals surface area contributed by atoms with Crippen LogP contribution in [0.3, 0.4) is 0 Å². The summed E-state index contributed by atoms with van der Waals surface area (Å²) in [5, 5.41) is 11.3. The van der Waals surface area contributed by atoms with Crippen LogP contribution in [0.2, 0.25) is 0 Å². The molecule has 0 atom stereocenters. The zero-order chi connectivity index (χ0) is 11.3. The summed E-state index contributed by atoms with van der Waals surface area (Å²) < 4.78 is 0. The largest absolute Gasteiger partial charge is 0.288 e.